The Kier molecular flexibility index (Phi) is 6.15. The smallest absolute Gasteiger partial charge is 0.266 e. The molecule has 1 aliphatic heterocycles. The van der Waals surface area contributed by atoms with E-state index in [9.17, 15) is 4.79 Å². The van der Waals surface area contributed by atoms with E-state index in [2.05, 4.69) is 55.3 Å². The van der Waals surface area contributed by atoms with Crippen LogP contribution in [0.25, 0.3) is 0 Å². The summed E-state index contributed by atoms with van der Waals surface area (Å²) in [6.07, 6.45) is 0. The van der Waals surface area contributed by atoms with Crippen molar-refractivity contribution in [3.8, 4) is 0 Å². The molecule has 1 saturated heterocycles. The number of carbonyl (C=O) groups excluding carboxylic acids is 1. The molecule has 0 saturated carbocycles. The minimum Gasteiger partial charge on any atom is -0.379 e. The minimum absolute atomic E-state index is 0.0351. The summed E-state index contributed by atoms with van der Waals surface area (Å²) in [5.41, 5.74) is 4.97. The molecule has 3 aromatic rings. The van der Waals surface area contributed by atoms with Gasteiger partial charge in [0.2, 0.25) is 0 Å². The Hall–Kier alpha value is -1.99. The summed E-state index contributed by atoms with van der Waals surface area (Å²) >= 11 is 3.14. The molecule has 29 heavy (non-hydrogen) atoms. The van der Waals surface area contributed by atoms with Gasteiger partial charge in [0.25, 0.3) is 5.91 Å². The molecule has 4 nitrogen and oxygen atoms in total. The van der Waals surface area contributed by atoms with Gasteiger partial charge in [-0.3, -0.25) is 9.69 Å². The van der Waals surface area contributed by atoms with Crippen molar-refractivity contribution in [2.45, 2.75) is 26.8 Å². The number of rotatable bonds is 5. The highest BCUT2D eigenvalue weighted by Crippen LogP contribution is 2.42. The molecule has 0 bridgehead atoms. The fourth-order valence-electron chi connectivity index (χ4n) is 3.78. The number of carbonyl (C=O) groups is 1. The van der Waals surface area contributed by atoms with Crippen LogP contribution in [-0.4, -0.2) is 37.1 Å². The average molecular weight is 427 g/mol. The van der Waals surface area contributed by atoms with Crippen LogP contribution < -0.4 is 5.32 Å². The summed E-state index contributed by atoms with van der Waals surface area (Å²) in [6.45, 7) is 9.65. The Balaban J connectivity index is 1.77. The number of nitrogens with one attached hydrogen (secondary N) is 1. The number of morpholine rings is 1. The highest BCUT2D eigenvalue weighted by atomic mass is 32.1. The Morgan fingerprint density at radius 3 is 2.48 bits per heavy atom. The van der Waals surface area contributed by atoms with E-state index in [4.69, 9.17) is 4.74 Å². The number of benzene rings is 1. The molecule has 1 atom stereocenters. The first-order valence-corrected chi connectivity index (χ1v) is 11.6. The van der Waals surface area contributed by atoms with E-state index in [0.29, 0.717) is 0 Å². The van der Waals surface area contributed by atoms with Crippen LogP contribution in [0.1, 0.15) is 42.8 Å². The number of thiophene rings is 2. The van der Waals surface area contributed by atoms with Crippen molar-refractivity contribution in [1.82, 2.24) is 4.90 Å². The van der Waals surface area contributed by atoms with Crippen LogP contribution >= 0.6 is 22.7 Å². The molecule has 1 fully saturated rings. The number of ether oxygens (including phenoxy) is 1. The zero-order valence-electron chi connectivity index (χ0n) is 17.0. The van der Waals surface area contributed by atoms with Gasteiger partial charge in [0.05, 0.1) is 24.1 Å². The molecule has 0 unspecified atom stereocenters. The molecule has 3 heterocycles. The number of hydrogen-bond acceptors (Lipinski definition) is 5. The van der Waals surface area contributed by atoms with Crippen molar-refractivity contribution in [2.24, 2.45) is 0 Å². The molecule has 2 aromatic heterocycles. The van der Waals surface area contributed by atoms with Crippen LogP contribution in [0.3, 0.4) is 0 Å². The standard InChI is InChI=1S/C23H26N2O2S2/c1-15-6-8-18(9-7-15)21(25-10-12-27-13-11-25)20-16(2)17(3)29-23(20)24-22(26)19-5-4-14-28-19/h4-9,14,21H,10-13H2,1-3H3,(H,24,26)/t21-/m0/s1. The molecule has 6 heteroatoms. The molecule has 152 valence electrons. The van der Waals surface area contributed by atoms with E-state index in [1.54, 1.807) is 11.3 Å². The van der Waals surface area contributed by atoms with E-state index < -0.39 is 0 Å². The average Bonchev–Trinajstić information content (AvgIpc) is 3.35. The first kappa shape index (κ1) is 20.3. The van der Waals surface area contributed by atoms with Crippen LogP contribution in [0, 0.1) is 20.8 Å². The fraction of sp³-hybridized carbons (Fsp3) is 0.348. The zero-order chi connectivity index (χ0) is 20.4. The summed E-state index contributed by atoms with van der Waals surface area (Å²) < 4.78 is 5.61. The minimum atomic E-state index is -0.0351. The van der Waals surface area contributed by atoms with Gasteiger partial charge in [-0.15, -0.1) is 22.7 Å². The molecule has 1 amide bonds. The molecule has 0 radical (unpaired) electrons. The summed E-state index contributed by atoms with van der Waals surface area (Å²) in [5, 5.41) is 6.10. The second-order valence-corrected chi connectivity index (χ2v) is 9.59. The van der Waals surface area contributed by atoms with Crippen molar-refractivity contribution >= 4 is 33.6 Å². The lowest BCUT2D eigenvalue weighted by Crippen LogP contribution is -2.39. The lowest BCUT2D eigenvalue weighted by molar-refractivity contribution is 0.0240. The lowest BCUT2D eigenvalue weighted by Gasteiger charge is -2.35. The number of amides is 1. The first-order chi connectivity index (χ1) is 14.0. The molecule has 4 rings (SSSR count). The maximum atomic E-state index is 12.8. The van der Waals surface area contributed by atoms with Gasteiger partial charge in [-0.05, 0) is 43.3 Å². The van der Waals surface area contributed by atoms with Crippen molar-refractivity contribution < 1.29 is 9.53 Å². The maximum absolute atomic E-state index is 12.8. The van der Waals surface area contributed by atoms with Crippen LogP contribution in [0.15, 0.2) is 41.8 Å². The second-order valence-electron chi connectivity index (χ2n) is 7.42. The summed E-state index contributed by atoms with van der Waals surface area (Å²) in [6, 6.07) is 12.6. The van der Waals surface area contributed by atoms with Crippen LogP contribution in [0.2, 0.25) is 0 Å². The van der Waals surface area contributed by atoms with Crippen LogP contribution in [0.5, 0.6) is 0 Å². The third-order valence-corrected chi connectivity index (χ3v) is 7.49. The highest BCUT2D eigenvalue weighted by Gasteiger charge is 2.30. The Morgan fingerprint density at radius 2 is 1.83 bits per heavy atom. The lowest BCUT2D eigenvalue weighted by atomic mass is 9.94. The SMILES string of the molecule is Cc1ccc([C@@H](c2c(NC(=O)c3cccs3)sc(C)c2C)N2CCOCC2)cc1. The molecule has 1 aliphatic rings. The van der Waals surface area contributed by atoms with Crippen molar-refractivity contribution in [3.05, 3.63) is 73.8 Å². The molecular formula is C23H26N2O2S2. The van der Waals surface area contributed by atoms with Crippen LogP contribution in [-0.2, 0) is 4.74 Å². The third kappa shape index (κ3) is 4.31. The molecule has 1 N–H and O–H groups in total. The molecule has 0 spiro atoms. The fourth-order valence-corrected chi connectivity index (χ4v) is 5.49. The van der Waals surface area contributed by atoms with E-state index in [0.717, 1.165) is 36.2 Å². The Morgan fingerprint density at radius 1 is 1.10 bits per heavy atom. The Bertz CT molecular complexity index is 971. The van der Waals surface area contributed by atoms with E-state index in [1.165, 1.54) is 38.5 Å². The van der Waals surface area contributed by atoms with Crippen molar-refractivity contribution in [1.29, 1.82) is 0 Å². The van der Waals surface area contributed by atoms with Gasteiger partial charge < -0.3 is 10.1 Å². The van der Waals surface area contributed by atoms with Crippen LogP contribution in [0.4, 0.5) is 5.00 Å². The summed E-state index contributed by atoms with van der Waals surface area (Å²) in [5.74, 6) is -0.0351. The summed E-state index contributed by atoms with van der Waals surface area (Å²) in [7, 11) is 0. The predicted molar refractivity (Wildman–Crippen MR) is 121 cm³/mol. The van der Waals surface area contributed by atoms with Gasteiger partial charge in [-0.2, -0.15) is 0 Å². The number of nitrogens with zero attached hydrogens (tertiary/aromatic N) is 1. The van der Waals surface area contributed by atoms with E-state index >= 15 is 0 Å². The molecule has 0 aliphatic carbocycles. The monoisotopic (exact) mass is 426 g/mol. The molecular weight excluding hydrogens is 400 g/mol. The quantitative estimate of drug-likeness (QED) is 0.593. The number of hydrogen-bond donors (Lipinski definition) is 1. The van der Waals surface area contributed by atoms with Crippen molar-refractivity contribution in [3.63, 3.8) is 0 Å². The number of aryl methyl sites for hydroxylation is 2. The molecule has 1 aromatic carbocycles. The van der Waals surface area contributed by atoms with Gasteiger partial charge in [-0.25, -0.2) is 0 Å². The van der Waals surface area contributed by atoms with Gasteiger partial charge in [0, 0.05) is 23.5 Å². The van der Waals surface area contributed by atoms with Crippen molar-refractivity contribution in [2.75, 3.05) is 31.6 Å². The van der Waals surface area contributed by atoms with E-state index in [1.807, 2.05) is 17.5 Å². The Labute approximate surface area is 180 Å². The van der Waals surface area contributed by atoms with Gasteiger partial charge in [-0.1, -0.05) is 35.9 Å². The number of anilines is 1. The topological polar surface area (TPSA) is 41.6 Å². The highest BCUT2D eigenvalue weighted by molar-refractivity contribution is 7.17. The van der Waals surface area contributed by atoms with Gasteiger partial charge in [0.15, 0.2) is 0 Å². The largest absolute Gasteiger partial charge is 0.379 e. The third-order valence-electron chi connectivity index (χ3n) is 5.48. The van der Waals surface area contributed by atoms with Gasteiger partial charge >= 0.3 is 0 Å². The maximum Gasteiger partial charge on any atom is 0.266 e. The summed E-state index contributed by atoms with van der Waals surface area (Å²) in [4.78, 5) is 17.3. The zero-order valence-corrected chi connectivity index (χ0v) is 18.7. The first-order valence-electron chi connectivity index (χ1n) is 9.87. The normalized spacial score (nSPS) is 16.0. The van der Waals surface area contributed by atoms with E-state index in [-0.39, 0.29) is 11.9 Å². The van der Waals surface area contributed by atoms with Gasteiger partial charge in [0.1, 0.15) is 5.00 Å². The predicted octanol–water partition coefficient (Wildman–Crippen LogP) is 5.41. The second kappa shape index (κ2) is 8.79.